The Morgan fingerprint density at radius 2 is 1.94 bits per heavy atom. The Morgan fingerprint density at radius 1 is 1.09 bits per heavy atom. The van der Waals surface area contributed by atoms with Crippen LogP contribution in [-0.4, -0.2) is 48.7 Å². The van der Waals surface area contributed by atoms with Gasteiger partial charge in [0.2, 0.25) is 0 Å². The maximum atomic E-state index is 13.2. The summed E-state index contributed by atoms with van der Waals surface area (Å²) in [4.78, 5) is 19.3. The molecule has 9 nitrogen and oxygen atoms in total. The van der Waals surface area contributed by atoms with Crippen molar-refractivity contribution in [1.29, 1.82) is 0 Å². The maximum Gasteiger partial charge on any atom is 0.417 e. The quantitative estimate of drug-likeness (QED) is 0.473. The minimum atomic E-state index is -4.47. The lowest BCUT2D eigenvalue weighted by Gasteiger charge is -2.36. The standard InChI is InChI=1S/C20H18F3N7O2/c1-11-8-29(10-15(31-11)19-26-12(2)28-32-19)17-5-6-24-18(27-17)14-7-25-16-4-3-13(9-30(14)16)20(21,22)23/h3-7,9,11,15H,8,10H2,1-2H3/t11-,15-/m1/s1. The average molecular weight is 445 g/mol. The molecule has 0 aromatic carbocycles. The molecule has 0 radical (unpaired) electrons. The highest BCUT2D eigenvalue weighted by Crippen LogP contribution is 2.31. The van der Waals surface area contributed by atoms with Crippen LogP contribution < -0.4 is 4.90 Å². The van der Waals surface area contributed by atoms with Gasteiger partial charge in [-0.2, -0.15) is 18.2 Å². The fraction of sp³-hybridized carbons (Fsp3) is 0.350. The highest BCUT2D eigenvalue weighted by Gasteiger charge is 2.32. The first-order chi connectivity index (χ1) is 15.3. The van der Waals surface area contributed by atoms with Crippen molar-refractivity contribution in [2.24, 2.45) is 0 Å². The van der Waals surface area contributed by atoms with Crippen LogP contribution in [0.4, 0.5) is 19.0 Å². The third-order valence-electron chi connectivity index (χ3n) is 5.11. The first-order valence-corrected chi connectivity index (χ1v) is 9.86. The second-order valence-electron chi connectivity index (χ2n) is 7.55. The number of hydrogen-bond donors (Lipinski definition) is 0. The van der Waals surface area contributed by atoms with Crippen LogP contribution >= 0.6 is 0 Å². The normalized spacial score (nSPS) is 19.6. The second-order valence-corrected chi connectivity index (χ2v) is 7.55. The van der Waals surface area contributed by atoms with Gasteiger partial charge >= 0.3 is 6.18 Å². The topological polar surface area (TPSA) is 94.5 Å². The molecule has 1 saturated heterocycles. The molecule has 0 N–H and O–H groups in total. The number of aromatic nitrogens is 6. The Balaban J connectivity index is 1.48. The Labute approximate surface area is 179 Å². The molecule has 32 heavy (non-hydrogen) atoms. The lowest BCUT2D eigenvalue weighted by molar-refractivity contribution is -0.137. The number of rotatable bonds is 3. The van der Waals surface area contributed by atoms with Crippen LogP contribution in [0, 0.1) is 6.92 Å². The maximum absolute atomic E-state index is 13.2. The van der Waals surface area contributed by atoms with E-state index in [1.165, 1.54) is 16.7 Å². The van der Waals surface area contributed by atoms with Crippen LogP contribution in [0.25, 0.3) is 17.2 Å². The largest absolute Gasteiger partial charge is 0.417 e. The number of aryl methyl sites for hydroxylation is 1. The molecule has 166 valence electrons. The zero-order valence-electron chi connectivity index (χ0n) is 17.1. The smallest absolute Gasteiger partial charge is 0.362 e. The molecule has 12 heteroatoms. The summed E-state index contributed by atoms with van der Waals surface area (Å²) in [6, 6.07) is 4.05. The van der Waals surface area contributed by atoms with Crippen molar-refractivity contribution in [3.8, 4) is 11.5 Å². The van der Waals surface area contributed by atoms with Crippen LogP contribution in [-0.2, 0) is 10.9 Å². The van der Waals surface area contributed by atoms with Gasteiger partial charge in [-0.05, 0) is 32.0 Å². The number of morpholine rings is 1. The van der Waals surface area contributed by atoms with Crippen LogP contribution in [0.2, 0.25) is 0 Å². The number of fused-ring (bicyclic) bond motifs is 1. The number of halogens is 3. The van der Waals surface area contributed by atoms with Gasteiger partial charge in [0.05, 0.1) is 24.4 Å². The Hall–Kier alpha value is -3.54. The molecule has 1 fully saturated rings. The molecule has 1 aliphatic heterocycles. The van der Waals surface area contributed by atoms with Gasteiger partial charge < -0.3 is 14.2 Å². The average Bonchev–Trinajstić information content (AvgIpc) is 3.38. The molecule has 0 aliphatic carbocycles. The Bertz CT molecular complexity index is 1270. The molecule has 5 heterocycles. The van der Waals surface area contributed by atoms with Crippen LogP contribution in [0.3, 0.4) is 0 Å². The molecule has 5 rings (SSSR count). The van der Waals surface area contributed by atoms with E-state index in [1.807, 2.05) is 11.8 Å². The van der Waals surface area contributed by atoms with E-state index < -0.39 is 17.8 Å². The molecule has 1 aliphatic rings. The first kappa shape index (κ1) is 20.4. The summed E-state index contributed by atoms with van der Waals surface area (Å²) in [5.41, 5.74) is -0.0488. The number of hydrogen-bond acceptors (Lipinski definition) is 8. The second kappa shape index (κ2) is 7.55. The molecule has 0 bridgehead atoms. The van der Waals surface area contributed by atoms with Crippen molar-refractivity contribution in [2.45, 2.75) is 32.2 Å². The van der Waals surface area contributed by atoms with Crippen molar-refractivity contribution < 1.29 is 22.4 Å². The number of ether oxygens (including phenoxy) is 1. The van der Waals surface area contributed by atoms with Crippen LogP contribution in [0.15, 0.2) is 41.3 Å². The minimum absolute atomic E-state index is 0.135. The number of nitrogens with zero attached hydrogens (tertiary/aromatic N) is 7. The molecule has 2 atom stereocenters. The summed E-state index contributed by atoms with van der Waals surface area (Å²) in [6.07, 6.45) is -1.01. The summed E-state index contributed by atoms with van der Waals surface area (Å²) in [5, 5.41) is 3.82. The summed E-state index contributed by atoms with van der Waals surface area (Å²) in [6.45, 7) is 4.64. The van der Waals surface area contributed by atoms with Crippen LogP contribution in [0.5, 0.6) is 0 Å². The third-order valence-corrected chi connectivity index (χ3v) is 5.11. The molecule has 0 amide bonds. The molecule has 4 aromatic rings. The molecular formula is C20H18F3N7O2. The van der Waals surface area contributed by atoms with Crippen molar-refractivity contribution in [2.75, 3.05) is 18.0 Å². The van der Waals surface area contributed by atoms with Gasteiger partial charge in [0.1, 0.15) is 17.2 Å². The van der Waals surface area contributed by atoms with Gasteiger partial charge in [0.15, 0.2) is 17.8 Å². The SMILES string of the molecule is Cc1noc([C@H]2CN(c3ccnc(-c4cnc5ccc(C(F)(F)F)cn45)n3)C[C@@H](C)O2)n1. The zero-order chi connectivity index (χ0) is 22.5. The lowest BCUT2D eigenvalue weighted by Crippen LogP contribution is -2.43. The summed E-state index contributed by atoms with van der Waals surface area (Å²) >= 11 is 0. The summed E-state index contributed by atoms with van der Waals surface area (Å²) in [7, 11) is 0. The molecular weight excluding hydrogens is 427 g/mol. The van der Waals surface area contributed by atoms with Gasteiger partial charge in [0, 0.05) is 18.9 Å². The summed E-state index contributed by atoms with van der Waals surface area (Å²) < 4.78 is 52.1. The summed E-state index contributed by atoms with van der Waals surface area (Å²) in [5.74, 6) is 1.77. The van der Waals surface area contributed by atoms with E-state index in [2.05, 4.69) is 25.1 Å². The van der Waals surface area contributed by atoms with Gasteiger partial charge in [0.25, 0.3) is 5.89 Å². The van der Waals surface area contributed by atoms with E-state index in [-0.39, 0.29) is 11.9 Å². The monoisotopic (exact) mass is 445 g/mol. The molecule has 4 aromatic heterocycles. The van der Waals surface area contributed by atoms with E-state index >= 15 is 0 Å². The van der Waals surface area contributed by atoms with Gasteiger partial charge in [-0.3, -0.25) is 4.40 Å². The van der Waals surface area contributed by atoms with E-state index in [0.29, 0.717) is 42.0 Å². The molecule has 0 unspecified atom stereocenters. The van der Waals surface area contributed by atoms with Crippen molar-refractivity contribution in [1.82, 2.24) is 29.5 Å². The minimum Gasteiger partial charge on any atom is -0.362 e. The van der Waals surface area contributed by atoms with Gasteiger partial charge in [-0.15, -0.1) is 0 Å². The van der Waals surface area contributed by atoms with E-state index in [1.54, 1.807) is 19.2 Å². The molecule has 0 spiro atoms. The van der Waals surface area contributed by atoms with Crippen molar-refractivity contribution >= 4 is 11.5 Å². The van der Waals surface area contributed by atoms with E-state index in [4.69, 9.17) is 9.26 Å². The van der Waals surface area contributed by atoms with E-state index in [0.717, 1.165) is 12.3 Å². The first-order valence-electron chi connectivity index (χ1n) is 9.86. The predicted octanol–water partition coefficient (Wildman–Crippen LogP) is 3.47. The van der Waals surface area contributed by atoms with Crippen molar-refractivity contribution in [3.63, 3.8) is 0 Å². The number of anilines is 1. The molecule has 0 saturated carbocycles. The van der Waals surface area contributed by atoms with Gasteiger partial charge in [-0.25, -0.2) is 15.0 Å². The fourth-order valence-corrected chi connectivity index (χ4v) is 3.68. The van der Waals surface area contributed by atoms with Gasteiger partial charge in [-0.1, -0.05) is 5.16 Å². The highest BCUT2D eigenvalue weighted by molar-refractivity contribution is 5.59. The fourth-order valence-electron chi connectivity index (χ4n) is 3.68. The lowest BCUT2D eigenvalue weighted by atomic mass is 10.2. The zero-order valence-corrected chi connectivity index (χ0v) is 17.1. The predicted molar refractivity (Wildman–Crippen MR) is 106 cm³/mol. The Morgan fingerprint density at radius 3 is 2.69 bits per heavy atom. The Kier molecular flexibility index (Phi) is 4.81. The third kappa shape index (κ3) is 3.77. The van der Waals surface area contributed by atoms with Crippen molar-refractivity contribution in [3.05, 3.63) is 54.1 Å². The van der Waals surface area contributed by atoms with E-state index in [9.17, 15) is 13.2 Å². The number of pyridine rings is 1. The van der Waals surface area contributed by atoms with Crippen LogP contribution in [0.1, 0.15) is 30.3 Å². The highest BCUT2D eigenvalue weighted by atomic mass is 19.4. The number of imidazole rings is 1. The number of alkyl halides is 3.